The molecule has 0 bridgehead atoms. The molecule has 0 N–H and O–H groups in total. The van der Waals surface area contributed by atoms with Gasteiger partial charge in [-0.25, -0.2) is 0 Å². The second-order valence-electron chi connectivity index (χ2n) is 8.13. The number of aryl methyl sites for hydroxylation is 1. The molecule has 0 aliphatic heterocycles. The van der Waals surface area contributed by atoms with Gasteiger partial charge >= 0.3 is 0 Å². The van der Waals surface area contributed by atoms with Crippen LogP contribution in [0.15, 0.2) is 63.8 Å². The van der Waals surface area contributed by atoms with Crippen molar-refractivity contribution < 1.29 is 8.83 Å². The van der Waals surface area contributed by atoms with E-state index < -0.39 is 0 Å². The predicted molar refractivity (Wildman–Crippen MR) is 115 cm³/mol. The van der Waals surface area contributed by atoms with E-state index in [1.165, 1.54) is 65.3 Å². The summed E-state index contributed by atoms with van der Waals surface area (Å²) in [4.78, 5) is 0. The summed E-state index contributed by atoms with van der Waals surface area (Å²) in [6.45, 7) is 4.25. The molecule has 0 unspecified atom stereocenters. The molecule has 2 aromatic carbocycles. The molecule has 0 amide bonds. The molecule has 28 heavy (non-hydrogen) atoms. The zero-order valence-corrected chi connectivity index (χ0v) is 16.6. The first-order valence-electron chi connectivity index (χ1n) is 10.4. The molecule has 142 valence electrons. The molecule has 0 saturated heterocycles. The quantitative estimate of drug-likeness (QED) is 0.365. The summed E-state index contributed by atoms with van der Waals surface area (Å²) < 4.78 is 12.1. The van der Waals surface area contributed by atoms with Crippen molar-refractivity contribution in [1.82, 2.24) is 0 Å². The van der Waals surface area contributed by atoms with Gasteiger partial charge in [-0.2, -0.15) is 0 Å². The maximum atomic E-state index is 6.06. The number of hydrogen-bond acceptors (Lipinski definition) is 2. The van der Waals surface area contributed by atoms with Crippen LogP contribution in [0.3, 0.4) is 0 Å². The summed E-state index contributed by atoms with van der Waals surface area (Å²) in [6.07, 6.45) is 10.4. The molecule has 2 aromatic heterocycles. The Balaban J connectivity index is 1.82. The lowest BCUT2D eigenvalue weighted by atomic mass is 9.82. The maximum absolute atomic E-state index is 6.06. The third-order valence-electron chi connectivity index (χ3n) is 6.41. The van der Waals surface area contributed by atoms with E-state index >= 15 is 0 Å². The van der Waals surface area contributed by atoms with Gasteiger partial charge in [0.05, 0.1) is 12.5 Å². The van der Waals surface area contributed by atoms with Crippen molar-refractivity contribution in [3.63, 3.8) is 0 Å². The van der Waals surface area contributed by atoms with Crippen molar-refractivity contribution in [2.24, 2.45) is 0 Å². The summed E-state index contributed by atoms with van der Waals surface area (Å²) in [5.41, 5.74) is 8.36. The lowest BCUT2D eigenvalue weighted by molar-refractivity contribution is 0.441. The fraction of sp³-hybridized carbons (Fsp3) is 0.308. The Morgan fingerprint density at radius 2 is 1.61 bits per heavy atom. The van der Waals surface area contributed by atoms with Gasteiger partial charge in [0, 0.05) is 22.1 Å². The molecule has 0 radical (unpaired) electrons. The standard InChI is InChI=1S/C26H26O2/c1-17-15-28-26(18(17)2)21-13-14-23-25(24(21)20-11-7-4-8-12-20)22(16-27-23)19-9-5-3-6-10-19/h4,7-8,11-16,19H,3,5-6,9-10H2,1-2H3. The Morgan fingerprint density at radius 1 is 0.821 bits per heavy atom. The van der Waals surface area contributed by atoms with Gasteiger partial charge in [0.15, 0.2) is 0 Å². The molecule has 5 rings (SSSR count). The summed E-state index contributed by atoms with van der Waals surface area (Å²) >= 11 is 0. The minimum Gasteiger partial charge on any atom is -0.464 e. The van der Waals surface area contributed by atoms with Crippen molar-refractivity contribution in [3.05, 3.63) is 71.7 Å². The van der Waals surface area contributed by atoms with E-state index in [1.54, 1.807) is 0 Å². The molecule has 2 nitrogen and oxygen atoms in total. The van der Waals surface area contributed by atoms with Crippen LogP contribution in [0.5, 0.6) is 0 Å². The fourth-order valence-corrected chi connectivity index (χ4v) is 4.73. The summed E-state index contributed by atoms with van der Waals surface area (Å²) in [5.74, 6) is 1.56. The van der Waals surface area contributed by atoms with Gasteiger partial charge in [-0.1, -0.05) is 49.6 Å². The zero-order valence-electron chi connectivity index (χ0n) is 16.6. The van der Waals surface area contributed by atoms with Gasteiger partial charge in [0.1, 0.15) is 11.3 Å². The highest BCUT2D eigenvalue weighted by Gasteiger charge is 2.25. The Bertz CT molecular complexity index is 1110. The van der Waals surface area contributed by atoms with Crippen molar-refractivity contribution in [1.29, 1.82) is 0 Å². The number of rotatable bonds is 3. The van der Waals surface area contributed by atoms with Crippen LogP contribution in [0.4, 0.5) is 0 Å². The largest absolute Gasteiger partial charge is 0.464 e. The normalized spacial score (nSPS) is 15.4. The molecule has 2 heteroatoms. The van der Waals surface area contributed by atoms with Crippen LogP contribution < -0.4 is 0 Å². The molecular formula is C26H26O2. The average Bonchev–Trinajstić information content (AvgIpc) is 3.32. The van der Waals surface area contributed by atoms with E-state index in [2.05, 4.69) is 56.3 Å². The molecule has 2 heterocycles. The minimum absolute atomic E-state index is 0.590. The summed E-state index contributed by atoms with van der Waals surface area (Å²) in [5, 5.41) is 1.27. The van der Waals surface area contributed by atoms with Crippen molar-refractivity contribution >= 4 is 11.0 Å². The average molecular weight is 370 g/mol. The first kappa shape index (κ1) is 17.4. The van der Waals surface area contributed by atoms with Gasteiger partial charge < -0.3 is 8.83 Å². The molecule has 1 aliphatic rings. The van der Waals surface area contributed by atoms with Crippen LogP contribution in [-0.4, -0.2) is 0 Å². The van der Waals surface area contributed by atoms with Gasteiger partial charge in [0.25, 0.3) is 0 Å². The van der Waals surface area contributed by atoms with E-state index in [4.69, 9.17) is 8.83 Å². The number of hydrogen-bond donors (Lipinski definition) is 0. The molecule has 0 atom stereocenters. The van der Waals surface area contributed by atoms with E-state index in [0.29, 0.717) is 5.92 Å². The zero-order chi connectivity index (χ0) is 19.1. The van der Waals surface area contributed by atoms with E-state index in [9.17, 15) is 0 Å². The Morgan fingerprint density at radius 3 is 2.32 bits per heavy atom. The number of fused-ring (bicyclic) bond motifs is 1. The van der Waals surface area contributed by atoms with Crippen LogP contribution in [0.1, 0.15) is 54.7 Å². The molecule has 0 spiro atoms. The predicted octanol–water partition coefficient (Wildman–Crippen LogP) is 8.02. The Hall–Kier alpha value is -2.74. The number of benzene rings is 2. The first-order valence-corrected chi connectivity index (χ1v) is 10.4. The third kappa shape index (κ3) is 2.79. The van der Waals surface area contributed by atoms with Crippen LogP contribution >= 0.6 is 0 Å². The van der Waals surface area contributed by atoms with E-state index in [0.717, 1.165) is 16.9 Å². The Labute approximate surface area is 166 Å². The molecule has 1 aliphatic carbocycles. The van der Waals surface area contributed by atoms with Crippen LogP contribution in [0.2, 0.25) is 0 Å². The Kier molecular flexibility index (Phi) is 4.35. The van der Waals surface area contributed by atoms with Crippen molar-refractivity contribution in [2.45, 2.75) is 51.9 Å². The monoisotopic (exact) mass is 370 g/mol. The van der Waals surface area contributed by atoms with Crippen molar-refractivity contribution in [3.8, 4) is 22.5 Å². The van der Waals surface area contributed by atoms with Gasteiger partial charge in [-0.05, 0) is 61.4 Å². The smallest absolute Gasteiger partial charge is 0.137 e. The van der Waals surface area contributed by atoms with Gasteiger partial charge in [-0.3, -0.25) is 0 Å². The van der Waals surface area contributed by atoms with E-state index in [-0.39, 0.29) is 0 Å². The second kappa shape index (κ2) is 7.01. The summed E-state index contributed by atoms with van der Waals surface area (Å²) in [6, 6.07) is 15.0. The summed E-state index contributed by atoms with van der Waals surface area (Å²) in [7, 11) is 0. The van der Waals surface area contributed by atoms with Crippen molar-refractivity contribution in [2.75, 3.05) is 0 Å². The topological polar surface area (TPSA) is 26.3 Å². The highest BCUT2D eigenvalue weighted by molar-refractivity contribution is 6.04. The fourth-order valence-electron chi connectivity index (χ4n) is 4.73. The van der Waals surface area contributed by atoms with Crippen LogP contribution in [0, 0.1) is 13.8 Å². The maximum Gasteiger partial charge on any atom is 0.137 e. The second-order valence-corrected chi connectivity index (χ2v) is 8.13. The van der Waals surface area contributed by atoms with Crippen LogP contribution in [-0.2, 0) is 0 Å². The van der Waals surface area contributed by atoms with Gasteiger partial charge in [0.2, 0.25) is 0 Å². The number of furan rings is 2. The molecular weight excluding hydrogens is 344 g/mol. The first-order chi connectivity index (χ1) is 13.7. The van der Waals surface area contributed by atoms with Crippen LogP contribution in [0.25, 0.3) is 33.4 Å². The molecule has 1 fully saturated rings. The minimum atomic E-state index is 0.590. The van der Waals surface area contributed by atoms with E-state index in [1.807, 2.05) is 12.5 Å². The molecule has 1 saturated carbocycles. The third-order valence-corrected chi connectivity index (χ3v) is 6.41. The SMILES string of the molecule is Cc1coc(-c2ccc3occ(C4CCCCC4)c3c2-c2ccccc2)c1C. The highest BCUT2D eigenvalue weighted by atomic mass is 16.3. The lowest BCUT2D eigenvalue weighted by Crippen LogP contribution is -2.04. The highest BCUT2D eigenvalue weighted by Crippen LogP contribution is 2.45. The molecule has 4 aromatic rings. The van der Waals surface area contributed by atoms with Gasteiger partial charge in [-0.15, -0.1) is 0 Å². The lowest BCUT2D eigenvalue weighted by Gasteiger charge is -2.22.